The van der Waals surface area contributed by atoms with Crippen LogP contribution in [0.4, 0.5) is 0 Å². The molecule has 2 aromatic carbocycles. The topological polar surface area (TPSA) is 80.0 Å². The van der Waals surface area contributed by atoms with Crippen molar-refractivity contribution < 1.29 is 14.7 Å². The average Bonchev–Trinajstić information content (AvgIpc) is 3.08. The molecule has 0 unspecified atom stereocenters. The fourth-order valence-electron chi connectivity index (χ4n) is 3.24. The van der Waals surface area contributed by atoms with Gasteiger partial charge in [0, 0.05) is 25.5 Å². The molecule has 0 aliphatic carbocycles. The SMILES string of the molecule is C[OH+]CCCn1c(CCc2ccccc2)nc2cc(/C=C/C(=O)NO)ccc21. The van der Waals surface area contributed by atoms with Crippen LogP contribution in [-0.4, -0.2) is 39.1 Å². The van der Waals surface area contributed by atoms with Gasteiger partial charge in [-0.05, 0) is 35.8 Å². The van der Waals surface area contributed by atoms with E-state index in [2.05, 4.69) is 33.6 Å². The lowest BCUT2D eigenvalue weighted by Crippen LogP contribution is -2.14. The molecule has 0 fully saturated rings. The Hall–Kier alpha value is -2.96. The first-order valence-corrected chi connectivity index (χ1v) is 9.42. The number of aliphatic hydroxyl groups is 2. The minimum absolute atomic E-state index is 0.558. The number of ether oxygens (including phenoxy) is 1. The third-order valence-corrected chi connectivity index (χ3v) is 4.63. The number of fused-ring (bicyclic) bond motifs is 1. The number of aryl methyl sites for hydroxylation is 3. The van der Waals surface area contributed by atoms with Gasteiger partial charge in [0.1, 0.15) is 19.5 Å². The van der Waals surface area contributed by atoms with Crippen molar-refractivity contribution in [2.75, 3.05) is 13.7 Å². The van der Waals surface area contributed by atoms with Gasteiger partial charge in [-0.3, -0.25) is 10.0 Å². The van der Waals surface area contributed by atoms with E-state index < -0.39 is 5.91 Å². The maximum Gasteiger partial charge on any atom is 0.267 e. The van der Waals surface area contributed by atoms with Crippen LogP contribution in [0.3, 0.4) is 0 Å². The number of hydrogen-bond acceptors (Lipinski definition) is 3. The number of hydrogen-bond donors (Lipinski definition) is 2. The quantitative estimate of drug-likeness (QED) is 0.197. The highest BCUT2D eigenvalue weighted by Crippen LogP contribution is 2.21. The van der Waals surface area contributed by atoms with Crippen molar-refractivity contribution in [1.29, 1.82) is 0 Å². The number of carbonyl (C=O) groups excluding carboxylic acids is 1. The van der Waals surface area contributed by atoms with Gasteiger partial charge in [-0.2, -0.15) is 0 Å². The molecular formula is C22H26N3O3+. The van der Waals surface area contributed by atoms with Gasteiger partial charge in [0.15, 0.2) is 0 Å². The van der Waals surface area contributed by atoms with Gasteiger partial charge < -0.3 is 9.30 Å². The van der Waals surface area contributed by atoms with Crippen molar-refractivity contribution in [3.8, 4) is 0 Å². The number of rotatable bonds is 9. The van der Waals surface area contributed by atoms with Crippen molar-refractivity contribution >= 4 is 23.0 Å². The van der Waals surface area contributed by atoms with Gasteiger partial charge >= 0.3 is 0 Å². The summed E-state index contributed by atoms with van der Waals surface area (Å²) in [6.45, 7) is 1.70. The number of nitrogens with zero attached hydrogens (tertiary/aromatic N) is 2. The van der Waals surface area contributed by atoms with Crippen molar-refractivity contribution in [3.63, 3.8) is 0 Å². The fraction of sp³-hybridized carbons (Fsp3) is 0.273. The summed E-state index contributed by atoms with van der Waals surface area (Å²) in [5, 5.41) is 8.61. The molecule has 1 aromatic heterocycles. The first-order valence-electron chi connectivity index (χ1n) is 9.42. The standard InChI is InChI=1S/C22H25N3O3/c1-28-15-5-14-25-20-11-8-18(10-13-22(26)24-27)16-19(20)23-21(25)12-9-17-6-3-2-4-7-17/h2-4,6-8,10-11,13,16,27H,5,9,12,14-15H2,1H3,(H,24,26)/p+1/b13-10+. The molecule has 0 spiro atoms. The van der Waals surface area contributed by atoms with Crippen molar-refractivity contribution in [2.24, 2.45) is 0 Å². The molecule has 0 bridgehead atoms. The molecule has 6 nitrogen and oxygen atoms in total. The summed E-state index contributed by atoms with van der Waals surface area (Å²) in [6.07, 6.45) is 5.71. The summed E-state index contributed by atoms with van der Waals surface area (Å²) in [5.41, 5.74) is 5.74. The highest BCUT2D eigenvalue weighted by molar-refractivity contribution is 5.91. The lowest BCUT2D eigenvalue weighted by molar-refractivity contribution is -0.124. The van der Waals surface area contributed by atoms with Crippen LogP contribution in [0.5, 0.6) is 0 Å². The monoisotopic (exact) mass is 380 g/mol. The van der Waals surface area contributed by atoms with Gasteiger partial charge in [-0.25, -0.2) is 10.5 Å². The third kappa shape index (κ3) is 5.06. The van der Waals surface area contributed by atoms with E-state index in [4.69, 9.17) is 10.2 Å². The molecule has 0 atom stereocenters. The van der Waals surface area contributed by atoms with E-state index in [9.17, 15) is 4.79 Å². The van der Waals surface area contributed by atoms with E-state index in [1.165, 1.54) is 11.6 Å². The van der Waals surface area contributed by atoms with E-state index >= 15 is 0 Å². The molecule has 0 aliphatic heterocycles. The number of aromatic nitrogens is 2. The lowest BCUT2D eigenvalue weighted by atomic mass is 10.1. The van der Waals surface area contributed by atoms with Gasteiger partial charge in [0.05, 0.1) is 11.0 Å². The molecule has 28 heavy (non-hydrogen) atoms. The summed E-state index contributed by atoms with van der Waals surface area (Å²) in [4.78, 5) is 16.1. The molecule has 6 heteroatoms. The molecule has 1 heterocycles. The lowest BCUT2D eigenvalue weighted by Gasteiger charge is -2.08. The first kappa shape index (κ1) is 19.8. The molecular weight excluding hydrogens is 354 g/mol. The summed E-state index contributed by atoms with van der Waals surface area (Å²) in [5.74, 6) is 0.502. The second-order valence-corrected chi connectivity index (χ2v) is 6.62. The van der Waals surface area contributed by atoms with E-state index in [1.807, 2.05) is 31.4 Å². The highest BCUT2D eigenvalue weighted by atomic mass is 16.5. The Kier molecular flexibility index (Phi) is 6.94. The van der Waals surface area contributed by atoms with Crippen molar-refractivity contribution in [2.45, 2.75) is 25.8 Å². The van der Waals surface area contributed by atoms with Crippen LogP contribution in [0.15, 0.2) is 54.6 Å². The smallest absolute Gasteiger partial charge is 0.267 e. The van der Waals surface area contributed by atoms with E-state index in [-0.39, 0.29) is 0 Å². The van der Waals surface area contributed by atoms with Crippen molar-refractivity contribution in [1.82, 2.24) is 15.0 Å². The maximum absolute atomic E-state index is 11.2. The number of nitrogens with one attached hydrogen (secondary N) is 1. The zero-order chi connectivity index (χ0) is 19.8. The molecule has 0 saturated heterocycles. The zero-order valence-electron chi connectivity index (χ0n) is 16.0. The van der Waals surface area contributed by atoms with Crippen LogP contribution < -0.4 is 5.48 Å². The molecule has 1 amide bonds. The average molecular weight is 380 g/mol. The highest BCUT2D eigenvalue weighted by Gasteiger charge is 2.11. The van der Waals surface area contributed by atoms with Crippen molar-refractivity contribution in [3.05, 3.63) is 71.6 Å². The fourth-order valence-corrected chi connectivity index (χ4v) is 3.24. The van der Waals surface area contributed by atoms with Crippen LogP contribution in [0.2, 0.25) is 0 Å². The second kappa shape index (κ2) is 9.82. The van der Waals surface area contributed by atoms with Gasteiger partial charge in [0.2, 0.25) is 0 Å². The Morgan fingerprint density at radius 2 is 2.04 bits per heavy atom. The van der Waals surface area contributed by atoms with Crippen LogP contribution in [0, 0.1) is 0 Å². The largest absolute Gasteiger partial charge is 0.436 e. The first-order chi connectivity index (χ1) is 13.7. The Labute approximate surface area is 164 Å². The number of carbonyl (C=O) groups is 1. The minimum atomic E-state index is -0.558. The van der Waals surface area contributed by atoms with E-state index in [1.54, 1.807) is 11.6 Å². The Balaban J connectivity index is 1.87. The van der Waals surface area contributed by atoms with Gasteiger partial charge in [-0.15, -0.1) is 0 Å². The normalized spacial score (nSPS) is 11.4. The summed E-state index contributed by atoms with van der Waals surface area (Å²) in [6, 6.07) is 16.4. The summed E-state index contributed by atoms with van der Waals surface area (Å²) in [7, 11) is 1.84. The maximum atomic E-state index is 11.2. The van der Waals surface area contributed by atoms with Crippen LogP contribution in [-0.2, 0) is 24.2 Å². The Bertz CT molecular complexity index is 948. The number of amides is 1. The predicted molar refractivity (Wildman–Crippen MR) is 110 cm³/mol. The molecule has 3 rings (SSSR count). The molecule has 3 N–H and O–H groups in total. The number of hydroxylamine groups is 1. The number of benzene rings is 2. The zero-order valence-corrected chi connectivity index (χ0v) is 16.0. The van der Waals surface area contributed by atoms with E-state index in [0.717, 1.165) is 54.8 Å². The van der Waals surface area contributed by atoms with Gasteiger partial charge in [0.25, 0.3) is 5.91 Å². The van der Waals surface area contributed by atoms with Crippen LogP contribution in [0.25, 0.3) is 17.1 Å². The molecule has 146 valence electrons. The molecule has 0 radical (unpaired) electrons. The third-order valence-electron chi connectivity index (χ3n) is 4.63. The van der Waals surface area contributed by atoms with Crippen LogP contribution >= 0.6 is 0 Å². The Morgan fingerprint density at radius 3 is 2.79 bits per heavy atom. The van der Waals surface area contributed by atoms with E-state index in [0.29, 0.717) is 0 Å². The molecule has 0 aliphatic rings. The van der Waals surface area contributed by atoms with Crippen LogP contribution in [0.1, 0.15) is 23.4 Å². The molecule has 0 saturated carbocycles. The number of imidazole rings is 1. The van der Waals surface area contributed by atoms with Gasteiger partial charge in [-0.1, -0.05) is 36.4 Å². The Morgan fingerprint density at radius 1 is 1.21 bits per heavy atom. The second-order valence-electron chi connectivity index (χ2n) is 6.62. The summed E-state index contributed by atoms with van der Waals surface area (Å²) < 4.78 is 6.48. The summed E-state index contributed by atoms with van der Waals surface area (Å²) >= 11 is 0. The minimum Gasteiger partial charge on any atom is -0.436 e. The molecule has 3 aromatic rings. The predicted octanol–water partition coefficient (Wildman–Crippen LogP) is 2.89.